The van der Waals surface area contributed by atoms with Gasteiger partial charge in [-0.05, 0) is 41.1 Å². The van der Waals surface area contributed by atoms with Crippen LogP contribution in [0.5, 0.6) is 23.0 Å². The van der Waals surface area contributed by atoms with Gasteiger partial charge in [-0.25, -0.2) is 0 Å². The lowest BCUT2D eigenvalue weighted by Crippen LogP contribution is -2.07. The number of hydrogen-bond acceptors (Lipinski definition) is 4. The highest BCUT2D eigenvalue weighted by atomic mass is 16.7. The van der Waals surface area contributed by atoms with Crippen LogP contribution in [0.2, 0.25) is 0 Å². The maximum atomic E-state index is 5.94. The molecule has 0 bridgehead atoms. The molecule has 0 N–H and O–H groups in total. The molecular weight excluding hydrogens is 280 g/mol. The van der Waals surface area contributed by atoms with Crippen LogP contribution >= 0.6 is 0 Å². The van der Waals surface area contributed by atoms with Crippen LogP contribution in [0.1, 0.15) is 11.9 Å². The highest BCUT2D eigenvalue weighted by molar-refractivity contribution is 5.86. The summed E-state index contributed by atoms with van der Waals surface area (Å²) in [6.07, 6.45) is -0.457. The van der Waals surface area contributed by atoms with E-state index in [2.05, 4.69) is 12.1 Å². The Balaban J connectivity index is 1.52. The third-order valence-electron chi connectivity index (χ3n) is 3.95. The summed E-state index contributed by atoms with van der Waals surface area (Å²) in [5.74, 6) is 3.01. The molecular formula is C18H12O4. The molecule has 0 atom stereocenters. The first kappa shape index (κ1) is 11.7. The Morgan fingerprint density at radius 1 is 0.682 bits per heavy atom. The van der Waals surface area contributed by atoms with E-state index in [0.29, 0.717) is 0 Å². The normalized spacial score (nSPS) is 15.5. The van der Waals surface area contributed by atoms with E-state index in [1.807, 2.05) is 42.5 Å². The third kappa shape index (κ3) is 1.70. The van der Waals surface area contributed by atoms with E-state index in [0.717, 1.165) is 39.3 Å². The van der Waals surface area contributed by atoms with E-state index in [4.69, 9.17) is 18.9 Å². The standard InChI is InChI=1S/C18H12O4/c1-2-4-12-8-17-16(7-11(12)3-1)21-18(22-17)13-5-6-14-15(9-13)20-10-19-14/h1-9,18H,10H2. The third-order valence-corrected chi connectivity index (χ3v) is 3.95. The van der Waals surface area contributed by atoms with Crippen molar-refractivity contribution in [2.45, 2.75) is 6.29 Å². The van der Waals surface area contributed by atoms with Crippen molar-refractivity contribution >= 4 is 10.8 Å². The monoisotopic (exact) mass is 292 g/mol. The van der Waals surface area contributed by atoms with E-state index < -0.39 is 6.29 Å². The van der Waals surface area contributed by atoms with Gasteiger partial charge in [0.25, 0.3) is 6.29 Å². The van der Waals surface area contributed by atoms with Gasteiger partial charge in [-0.1, -0.05) is 24.3 Å². The molecule has 3 aromatic carbocycles. The second kappa shape index (κ2) is 4.31. The van der Waals surface area contributed by atoms with Gasteiger partial charge in [-0.15, -0.1) is 0 Å². The quantitative estimate of drug-likeness (QED) is 0.678. The molecule has 2 aliphatic rings. The molecule has 0 unspecified atom stereocenters. The fourth-order valence-electron chi connectivity index (χ4n) is 2.83. The van der Waals surface area contributed by atoms with Crippen LogP contribution in [-0.4, -0.2) is 6.79 Å². The SMILES string of the molecule is c1ccc2cc3c(cc2c1)OC(c1ccc2c(c1)OCO2)O3. The molecule has 0 fully saturated rings. The first-order valence-electron chi connectivity index (χ1n) is 7.12. The first-order valence-corrected chi connectivity index (χ1v) is 7.12. The number of benzene rings is 3. The second-order valence-electron chi connectivity index (χ2n) is 5.33. The Labute approximate surface area is 126 Å². The Kier molecular flexibility index (Phi) is 2.30. The lowest BCUT2D eigenvalue weighted by molar-refractivity contribution is 0.0486. The molecule has 0 saturated heterocycles. The van der Waals surface area contributed by atoms with Crippen molar-refractivity contribution in [2.75, 3.05) is 6.79 Å². The molecule has 3 aromatic rings. The zero-order valence-corrected chi connectivity index (χ0v) is 11.6. The number of ether oxygens (including phenoxy) is 4. The Morgan fingerprint density at radius 3 is 2.09 bits per heavy atom. The predicted octanol–water partition coefficient (Wildman–Crippen LogP) is 4.04. The lowest BCUT2D eigenvalue weighted by Gasteiger charge is -2.10. The van der Waals surface area contributed by atoms with E-state index in [-0.39, 0.29) is 6.79 Å². The summed E-state index contributed by atoms with van der Waals surface area (Å²) in [7, 11) is 0. The van der Waals surface area contributed by atoms with Crippen molar-refractivity contribution in [3.05, 3.63) is 60.2 Å². The summed E-state index contributed by atoms with van der Waals surface area (Å²) in [6, 6.07) is 17.9. The van der Waals surface area contributed by atoms with E-state index in [9.17, 15) is 0 Å². The molecule has 22 heavy (non-hydrogen) atoms. The van der Waals surface area contributed by atoms with Gasteiger partial charge < -0.3 is 18.9 Å². The maximum absolute atomic E-state index is 5.94. The molecule has 4 nitrogen and oxygen atoms in total. The number of fused-ring (bicyclic) bond motifs is 3. The van der Waals surface area contributed by atoms with Crippen molar-refractivity contribution in [2.24, 2.45) is 0 Å². The van der Waals surface area contributed by atoms with E-state index >= 15 is 0 Å². The summed E-state index contributed by atoms with van der Waals surface area (Å²) in [5.41, 5.74) is 0.907. The Hall–Kier alpha value is -2.88. The van der Waals surface area contributed by atoms with Gasteiger partial charge in [0.1, 0.15) is 0 Å². The molecule has 108 valence electrons. The van der Waals surface area contributed by atoms with Crippen molar-refractivity contribution in [1.82, 2.24) is 0 Å². The first-order chi connectivity index (χ1) is 10.9. The van der Waals surface area contributed by atoms with Gasteiger partial charge in [0.2, 0.25) is 6.79 Å². The van der Waals surface area contributed by atoms with Gasteiger partial charge in [-0.3, -0.25) is 0 Å². The molecule has 4 heteroatoms. The average Bonchev–Trinajstić information content (AvgIpc) is 3.17. The van der Waals surface area contributed by atoms with Gasteiger partial charge in [0.15, 0.2) is 23.0 Å². The fraction of sp³-hybridized carbons (Fsp3) is 0.111. The van der Waals surface area contributed by atoms with Crippen LogP contribution in [0.15, 0.2) is 54.6 Å². The number of rotatable bonds is 1. The second-order valence-corrected chi connectivity index (χ2v) is 5.33. The van der Waals surface area contributed by atoms with Crippen molar-refractivity contribution < 1.29 is 18.9 Å². The predicted molar refractivity (Wildman–Crippen MR) is 80.5 cm³/mol. The van der Waals surface area contributed by atoms with Crippen LogP contribution in [0.3, 0.4) is 0 Å². The average molecular weight is 292 g/mol. The molecule has 0 aliphatic carbocycles. The van der Waals surface area contributed by atoms with Crippen LogP contribution in [0.25, 0.3) is 10.8 Å². The van der Waals surface area contributed by atoms with Gasteiger partial charge in [0.05, 0.1) is 0 Å². The summed E-state index contributed by atoms with van der Waals surface area (Å²) >= 11 is 0. The minimum absolute atomic E-state index is 0.261. The molecule has 2 heterocycles. The molecule has 5 rings (SSSR count). The smallest absolute Gasteiger partial charge is 0.268 e. The van der Waals surface area contributed by atoms with Crippen LogP contribution in [-0.2, 0) is 0 Å². The molecule has 0 amide bonds. The van der Waals surface area contributed by atoms with E-state index in [1.54, 1.807) is 0 Å². The molecule has 0 aromatic heterocycles. The maximum Gasteiger partial charge on any atom is 0.268 e. The molecule has 0 spiro atoms. The van der Waals surface area contributed by atoms with E-state index in [1.165, 1.54) is 0 Å². The van der Waals surface area contributed by atoms with Crippen molar-refractivity contribution in [1.29, 1.82) is 0 Å². The highest BCUT2D eigenvalue weighted by Crippen LogP contribution is 2.44. The summed E-state index contributed by atoms with van der Waals surface area (Å²) in [5, 5.41) is 2.27. The van der Waals surface area contributed by atoms with Gasteiger partial charge in [0, 0.05) is 5.56 Å². The zero-order valence-electron chi connectivity index (χ0n) is 11.6. The minimum Gasteiger partial charge on any atom is -0.454 e. The largest absolute Gasteiger partial charge is 0.454 e. The Bertz CT molecular complexity index is 843. The molecule has 0 radical (unpaired) electrons. The minimum atomic E-state index is -0.457. The zero-order chi connectivity index (χ0) is 14.5. The van der Waals surface area contributed by atoms with Crippen molar-refractivity contribution in [3.8, 4) is 23.0 Å². The molecule has 0 saturated carbocycles. The van der Waals surface area contributed by atoms with Crippen LogP contribution in [0, 0.1) is 0 Å². The molecule has 2 aliphatic heterocycles. The highest BCUT2D eigenvalue weighted by Gasteiger charge is 2.28. The van der Waals surface area contributed by atoms with Gasteiger partial charge in [-0.2, -0.15) is 0 Å². The summed E-state index contributed by atoms with van der Waals surface area (Å²) < 4.78 is 22.6. The lowest BCUT2D eigenvalue weighted by atomic mass is 10.1. The van der Waals surface area contributed by atoms with Crippen molar-refractivity contribution in [3.63, 3.8) is 0 Å². The van der Waals surface area contributed by atoms with Crippen LogP contribution < -0.4 is 18.9 Å². The van der Waals surface area contributed by atoms with Crippen LogP contribution in [0.4, 0.5) is 0 Å². The Morgan fingerprint density at radius 2 is 1.36 bits per heavy atom. The van der Waals surface area contributed by atoms with Gasteiger partial charge >= 0.3 is 0 Å². The summed E-state index contributed by atoms with van der Waals surface area (Å²) in [6.45, 7) is 0.261. The fourth-order valence-corrected chi connectivity index (χ4v) is 2.83. The number of hydrogen-bond donors (Lipinski definition) is 0. The summed E-state index contributed by atoms with van der Waals surface area (Å²) in [4.78, 5) is 0. The topological polar surface area (TPSA) is 36.9 Å².